The molecular weight excluding hydrogens is 757 g/mol. The first kappa shape index (κ1) is 41.3. The molecule has 62 heavy (non-hydrogen) atoms. The van der Waals surface area contributed by atoms with Gasteiger partial charge >= 0.3 is 0 Å². The van der Waals surface area contributed by atoms with Crippen LogP contribution < -0.4 is 4.90 Å². The zero-order valence-electron chi connectivity index (χ0n) is 35.9. The Morgan fingerprint density at radius 2 is 1.73 bits per heavy atom. The smallest absolute Gasteiger partial charge is 0.164 e. The van der Waals surface area contributed by atoms with Crippen molar-refractivity contribution >= 4 is 45.4 Å². The molecule has 0 fully saturated rings. The standard InChI is InChI=1S/C56H52N6/c1-8-13-16-23-38(6)54-58-55(39(11-4)24-14-9-2)60-56(59-54)42-27-21-28-44(35-42)62-51-30-20-19-29-45(51)46-33-31-43-37-61(49(12-5)48(57-7)22-10-3)50-34-32-41(40-25-17-15-18-26-40)36-47(50)52(43)53(46)62/h9-12,14-25,27-36,40H,4-8,13,26,37H2,1-3H3/b14-9-,22-10-,23-16-,39-24+,49-48-. The van der Waals surface area contributed by atoms with E-state index in [0.717, 1.165) is 75.3 Å². The lowest BCUT2D eigenvalue weighted by atomic mass is 9.85. The summed E-state index contributed by atoms with van der Waals surface area (Å²) < 4.78 is 2.42. The molecule has 0 saturated carbocycles. The van der Waals surface area contributed by atoms with Gasteiger partial charge in [-0.05, 0) is 87.0 Å². The molecule has 0 saturated heterocycles. The van der Waals surface area contributed by atoms with Gasteiger partial charge < -0.3 is 9.47 Å². The predicted molar refractivity (Wildman–Crippen MR) is 265 cm³/mol. The first-order chi connectivity index (χ1) is 30.4. The molecule has 1 atom stereocenters. The van der Waals surface area contributed by atoms with Crippen molar-refractivity contribution in [3.8, 4) is 28.2 Å². The van der Waals surface area contributed by atoms with Gasteiger partial charge in [-0.2, -0.15) is 0 Å². The molecule has 306 valence electrons. The summed E-state index contributed by atoms with van der Waals surface area (Å²) >= 11 is 0. The molecule has 3 heterocycles. The van der Waals surface area contributed by atoms with E-state index in [9.17, 15) is 0 Å². The average Bonchev–Trinajstić information content (AvgIpc) is 3.66. The minimum Gasteiger partial charge on any atom is -0.335 e. The molecule has 0 radical (unpaired) electrons. The molecule has 0 spiro atoms. The predicted octanol–water partition coefficient (Wildman–Crippen LogP) is 14.4. The van der Waals surface area contributed by atoms with Crippen molar-refractivity contribution in [2.75, 3.05) is 4.90 Å². The Hall–Kier alpha value is -7.44. The van der Waals surface area contributed by atoms with Gasteiger partial charge in [0, 0.05) is 62.4 Å². The van der Waals surface area contributed by atoms with Crippen molar-refractivity contribution < 1.29 is 0 Å². The summed E-state index contributed by atoms with van der Waals surface area (Å²) in [6.45, 7) is 23.4. The highest BCUT2D eigenvalue weighted by atomic mass is 15.2. The van der Waals surface area contributed by atoms with Crippen LogP contribution in [-0.4, -0.2) is 26.2 Å². The summed E-state index contributed by atoms with van der Waals surface area (Å²) in [6.07, 6.45) is 29.5. The number of fused-ring (bicyclic) bond motifs is 7. The number of rotatable bonds is 14. The molecule has 0 amide bonds. The van der Waals surface area contributed by atoms with Gasteiger partial charge in [-0.3, -0.25) is 4.99 Å². The summed E-state index contributed by atoms with van der Waals surface area (Å²) in [5, 5.41) is 2.36. The van der Waals surface area contributed by atoms with Crippen LogP contribution in [0.25, 0.3) is 61.2 Å². The highest BCUT2D eigenvalue weighted by molar-refractivity contribution is 6.15. The fourth-order valence-corrected chi connectivity index (χ4v) is 8.51. The highest BCUT2D eigenvalue weighted by Crippen LogP contribution is 2.49. The maximum Gasteiger partial charge on any atom is 0.164 e. The molecule has 1 aliphatic heterocycles. The quantitative estimate of drug-likeness (QED) is 0.0812. The number of anilines is 1. The zero-order valence-corrected chi connectivity index (χ0v) is 35.9. The summed E-state index contributed by atoms with van der Waals surface area (Å²) in [5.74, 6) is 1.90. The van der Waals surface area contributed by atoms with Gasteiger partial charge in [-0.1, -0.05) is 148 Å². The molecule has 6 heteroatoms. The number of benzene rings is 4. The molecular formula is C56H52N6. The Balaban J connectivity index is 1.38. The molecule has 0 N–H and O–H groups in total. The van der Waals surface area contributed by atoms with Crippen LogP contribution in [0.5, 0.6) is 0 Å². The third kappa shape index (κ3) is 7.83. The van der Waals surface area contributed by atoms with Crippen molar-refractivity contribution in [3.05, 3.63) is 212 Å². The highest BCUT2D eigenvalue weighted by Gasteiger charge is 2.30. The Morgan fingerprint density at radius 1 is 0.871 bits per heavy atom. The molecule has 2 aliphatic rings. The lowest BCUT2D eigenvalue weighted by molar-refractivity contribution is 0.850. The van der Waals surface area contributed by atoms with Crippen LogP contribution in [0.3, 0.4) is 0 Å². The third-order valence-corrected chi connectivity index (χ3v) is 11.5. The maximum absolute atomic E-state index is 5.06. The molecule has 4 aromatic carbocycles. The van der Waals surface area contributed by atoms with Gasteiger partial charge in [-0.15, -0.1) is 0 Å². The SMILES string of the molecule is C=C/C(=C(\C=C/C)N=C)N1Cc2ccc3c4ccccc4n(-c4cccc(-c5nc(C(=C)/C=C\CCC)nc(/C(C=C)=C/C=C\C)n5)c4)c3c2-c2cc(C3C=CC=CC3)ccc21. The lowest BCUT2D eigenvalue weighted by Gasteiger charge is -2.35. The van der Waals surface area contributed by atoms with Crippen LogP contribution in [0, 0.1) is 0 Å². The molecule has 1 unspecified atom stereocenters. The molecule has 6 aromatic rings. The van der Waals surface area contributed by atoms with E-state index >= 15 is 0 Å². The van der Waals surface area contributed by atoms with Crippen LogP contribution >= 0.6 is 0 Å². The Kier molecular flexibility index (Phi) is 12.3. The second-order valence-electron chi connectivity index (χ2n) is 15.4. The summed E-state index contributed by atoms with van der Waals surface area (Å²) in [5.41, 5.74) is 13.3. The summed E-state index contributed by atoms with van der Waals surface area (Å²) in [7, 11) is 0. The number of aliphatic imine (C=N–C) groups is 1. The molecule has 0 bridgehead atoms. The number of nitrogens with zero attached hydrogens (tertiary/aromatic N) is 6. The largest absolute Gasteiger partial charge is 0.335 e. The van der Waals surface area contributed by atoms with Gasteiger partial charge in [0.2, 0.25) is 0 Å². The van der Waals surface area contributed by atoms with Gasteiger partial charge in [-0.25, -0.2) is 15.0 Å². The average molecular weight is 809 g/mol. The Labute approximate surface area is 365 Å². The second-order valence-corrected chi connectivity index (χ2v) is 15.4. The molecule has 1 aliphatic carbocycles. The van der Waals surface area contributed by atoms with Crippen LogP contribution in [0.15, 0.2) is 194 Å². The van der Waals surface area contributed by atoms with E-state index in [1.165, 1.54) is 27.5 Å². The van der Waals surface area contributed by atoms with Crippen molar-refractivity contribution in [3.63, 3.8) is 0 Å². The van der Waals surface area contributed by atoms with Crippen molar-refractivity contribution in [1.29, 1.82) is 0 Å². The minimum atomic E-state index is 0.275. The third-order valence-electron chi connectivity index (χ3n) is 11.5. The minimum absolute atomic E-state index is 0.275. The van der Waals surface area contributed by atoms with Crippen LogP contribution in [-0.2, 0) is 6.54 Å². The van der Waals surface area contributed by atoms with E-state index in [2.05, 4.69) is 157 Å². The first-order valence-corrected chi connectivity index (χ1v) is 21.4. The number of para-hydroxylation sites is 1. The monoisotopic (exact) mass is 808 g/mol. The van der Waals surface area contributed by atoms with E-state index in [1.807, 2.05) is 56.4 Å². The van der Waals surface area contributed by atoms with E-state index in [4.69, 9.17) is 15.0 Å². The maximum atomic E-state index is 5.06. The normalized spacial score (nSPS) is 15.4. The lowest BCUT2D eigenvalue weighted by Crippen LogP contribution is -2.26. The van der Waals surface area contributed by atoms with E-state index in [0.29, 0.717) is 24.0 Å². The number of hydrogen-bond acceptors (Lipinski definition) is 5. The van der Waals surface area contributed by atoms with Crippen LogP contribution in [0.2, 0.25) is 0 Å². The van der Waals surface area contributed by atoms with Crippen molar-refractivity contribution in [2.45, 2.75) is 52.5 Å². The Bertz CT molecular complexity index is 2980. The molecule has 6 nitrogen and oxygen atoms in total. The fourth-order valence-electron chi connectivity index (χ4n) is 8.51. The molecule has 2 aromatic heterocycles. The van der Waals surface area contributed by atoms with E-state index in [1.54, 1.807) is 6.08 Å². The van der Waals surface area contributed by atoms with Gasteiger partial charge in [0.25, 0.3) is 0 Å². The number of allylic oxidation sites excluding steroid dienone is 15. The number of aromatic nitrogens is 4. The fraction of sp³-hybridized carbons (Fsp3) is 0.143. The van der Waals surface area contributed by atoms with E-state index < -0.39 is 0 Å². The van der Waals surface area contributed by atoms with Crippen molar-refractivity contribution in [1.82, 2.24) is 19.5 Å². The Morgan fingerprint density at radius 3 is 2.48 bits per heavy atom. The van der Waals surface area contributed by atoms with Gasteiger partial charge in [0.1, 0.15) is 0 Å². The zero-order chi connectivity index (χ0) is 43.2. The topological polar surface area (TPSA) is 59.2 Å². The van der Waals surface area contributed by atoms with Crippen molar-refractivity contribution in [2.24, 2.45) is 4.99 Å². The molecule has 8 rings (SSSR count). The van der Waals surface area contributed by atoms with Gasteiger partial charge in [0.15, 0.2) is 17.5 Å². The van der Waals surface area contributed by atoms with Crippen LogP contribution in [0.1, 0.15) is 68.7 Å². The number of hydrogen-bond donors (Lipinski definition) is 0. The van der Waals surface area contributed by atoms with Gasteiger partial charge in [0.05, 0.1) is 22.4 Å². The second kappa shape index (κ2) is 18.4. The first-order valence-electron chi connectivity index (χ1n) is 21.4. The van der Waals surface area contributed by atoms with Crippen LogP contribution in [0.4, 0.5) is 5.69 Å². The number of unbranched alkanes of at least 4 members (excludes halogenated alkanes) is 1. The summed E-state index contributed by atoms with van der Waals surface area (Å²) in [4.78, 5) is 21.8. The summed E-state index contributed by atoms with van der Waals surface area (Å²) in [6, 6.07) is 28.7. The van der Waals surface area contributed by atoms with E-state index in [-0.39, 0.29) is 5.92 Å².